The van der Waals surface area contributed by atoms with Gasteiger partial charge in [-0.3, -0.25) is 4.79 Å². The quantitative estimate of drug-likeness (QED) is 0.872. The molecule has 22 heavy (non-hydrogen) atoms. The molecule has 5 nitrogen and oxygen atoms in total. The van der Waals surface area contributed by atoms with Crippen LogP contribution >= 0.6 is 11.3 Å². The van der Waals surface area contributed by atoms with Gasteiger partial charge in [0.15, 0.2) is 0 Å². The van der Waals surface area contributed by atoms with E-state index >= 15 is 0 Å². The third kappa shape index (κ3) is 4.08. The normalized spacial score (nSPS) is 14.3. The van der Waals surface area contributed by atoms with Crippen LogP contribution in [0.3, 0.4) is 0 Å². The summed E-state index contributed by atoms with van der Waals surface area (Å²) in [4.78, 5) is 12.2. The number of nitrogens with one attached hydrogen (secondary N) is 1. The lowest BCUT2D eigenvalue weighted by Gasteiger charge is -2.12. The van der Waals surface area contributed by atoms with Crippen molar-refractivity contribution >= 4 is 27.5 Å². The van der Waals surface area contributed by atoms with Gasteiger partial charge in [-0.05, 0) is 19.1 Å². The van der Waals surface area contributed by atoms with Crippen LogP contribution in [0.2, 0.25) is 0 Å². The van der Waals surface area contributed by atoms with Crippen LogP contribution in [-0.4, -0.2) is 29.4 Å². The molecule has 120 valence electrons. The molecule has 0 saturated carbocycles. The van der Waals surface area contributed by atoms with Gasteiger partial charge in [0.2, 0.25) is 4.80 Å². The summed E-state index contributed by atoms with van der Waals surface area (Å²) in [7, 11) is 1.79. The van der Waals surface area contributed by atoms with Crippen molar-refractivity contribution in [2.24, 2.45) is 12.1 Å². The molecule has 1 N–H and O–H groups in total. The molecule has 1 amide bonds. The van der Waals surface area contributed by atoms with Crippen molar-refractivity contribution in [1.29, 1.82) is 0 Å². The van der Waals surface area contributed by atoms with Crippen molar-refractivity contribution in [3.63, 3.8) is 0 Å². The van der Waals surface area contributed by atoms with E-state index in [0.717, 1.165) is 10.2 Å². The second kappa shape index (κ2) is 6.49. The first-order valence-electron chi connectivity index (χ1n) is 6.34. The standard InChI is InChI=1S/C13H14F3N3O2S/c1-8(21-7-13(14,15)16)11(20)17-18-12-19(2)9-5-3-4-6-10(9)22-12/h3-6,8H,7H2,1-2H3,(H,17,20)/b18-12+/t8-/m1/s1. The number of benzene rings is 1. The van der Waals surface area contributed by atoms with E-state index in [1.54, 1.807) is 11.6 Å². The van der Waals surface area contributed by atoms with Gasteiger partial charge in [-0.2, -0.15) is 13.2 Å². The number of carbonyl (C=O) groups is 1. The van der Waals surface area contributed by atoms with Gasteiger partial charge >= 0.3 is 6.18 Å². The Hall–Kier alpha value is -1.87. The van der Waals surface area contributed by atoms with Gasteiger partial charge in [-0.1, -0.05) is 23.5 Å². The Morgan fingerprint density at radius 3 is 2.77 bits per heavy atom. The van der Waals surface area contributed by atoms with Crippen molar-refractivity contribution in [2.75, 3.05) is 6.61 Å². The fraction of sp³-hybridized carbons (Fsp3) is 0.385. The maximum absolute atomic E-state index is 12.0. The number of carbonyl (C=O) groups excluding carboxylic acids is 1. The van der Waals surface area contributed by atoms with Crippen molar-refractivity contribution in [3.8, 4) is 0 Å². The number of aryl methyl sites for hydroxylation is 1. The summed E-state index contributed by atoms with van der Waals surface area (Å²) in [5, 5.41) is 3.93. The first kappa shape index (κ1) is 16.5. The number of amides is 1. The summed E-state index contributed by atoms with van der Waals surface area (Å²) in [6.07, 6.45) is -5.71. The molecule has 2 rings (SSSR count). The molecule has 0 aliphatic heterocycles. The smallest absolute Gasteiger partial charge is 0.359 e. The molecular formula is C13H14F3N3O2S. The summed E-state index contributed by atoms with van der Waals surface area (Å²) in [6.45, 7) is -0.236. The average molecular weight is 333 g/mol. The fourth-order valence-electron chi connectivity index (χ4n) is 1.68. The van der Waals surface area contributed by atoms with Crippen molar-refractivity contribution < 1.29 is 22.7 Å². The molecule has 1 aromatic carbocycles. The monoisotopic (exact) mass is 333 g/mol. The van der Waals surface area contributed by atoms with Crippen LogP contribution < -0.4 is 10.2 Å². The number of halogens is 3. The number of nitrogens with zero attached hydrogens (tertiary/aromatic N) is 2. The summed E-state index contributed by atoms with van der Waals surface area (Å²) in [5.74, 6) is -0.735. The third-order valence-corrected chi connectivity index (χ3v) is 3.96. The zero-order chi connectivity index (χ0) is 16.3. The highest BCUT2D eigenvalue weighted by molar-refractivity contribution is 7.16. The fourth-order valence-corrected chi connectivity index (χ4v) is 2.66. The number of para-hydroxylation sites is 1. The number of thiazole rings is 1. The van der Waals surface area contributed by atoms with E-state index in [2.05, 4.69) is 15.3 Å². The summed E-state index contributed by atoms with van der Waals surface area (Å²) >= 11 is 1.36. The lowest BCUT2D eigenvalue weighted by Crippen LogP contribution is -2.35. The second-order valence-electron chi connectivity index (χ2n) is 4.57. The molecule has 0 aliphatic rings. The van der Waals surface area contributed by atoms with Crippen LogP contribution in [0.4, 0.5) is 13.2 Å². The van der Waals surface area contributed by atoms with Crippen molar-refractivity contribution in [3.05, 3.63) is 29.1 Å². The number of alkyl halides is 3. The highest BCUT2D eigenvalue weighted by Gasteiger charge is 2.29. The first-order chi connectivity index (χ1) is 10.3. The van der Waals surface area contributed by atoms with E-state index in [-0.39, 0.29) is 0 Å². The Labute approximate surface area is 128 Å². The Morgan fingerprint density at radius 1 is 1.45 bits per heavy atom. The topological polar surface area (TPSA) is 55.6 Å². The average Bonchev–Trinajstić information content (AvgIpc) is 2.78. The minimum Gasteiger partial charge on any atom is -0.359 e. The van der Waals surface area contributed by atoms with E-state index < -0.39 is 24.8 Å². The molecule has 1 atom stereocenters. The maximum Gasteiger partial charge on any atom is 0.411 e. The lowest BCUT2D eigenvalue weighted by atomic mass is 10.3. The Kier molecular flexibility index (Phi) is 4.87. The third-order valence-electron chi connectivity index (χ3n) is 2.84. The van der Waals surface area contributed by atoms with E-state index in [1.807, 2.05) is 24.3 Å². The number of ether oxygens (including phenoxy) is 1. The van der Waals surface area contributed by atoms with Gasteiger partial charge in [-0.25, -0.2) is 5.43 Å². The number of aromatic nitrogens is 1. The predicted molar refractivity (Wildman–Crippen MR) is 76.0 cm³/mol. The molecule has 0 radical (unpaired) electrons. The van der Waals surface area contributed by atoms with E-state index in [0.29, 0.717) is 4.80 Å². The molecule has 1 heterocycles. The van der Waals surface area contributed by atoms with Gasteiger partial charge in [0.1, 0.15) is 12.7 Å². The number of hydrogen-bond donors (Lipinski definition) is 1. The molecule has 0 fully saturated rings. The molecule has 0 unspecified atom stereocenters. The second-order valence-corrected chi connectivity index (χ2v) is 5.58. The highest BCUT2D eigenvalue weighted by Crippen LogP contribution is 2.16. The van der Waals surface area contributed by atoms with Crippen LogP contribution in [0.1, 0.15) is 6.92 Å². The van der Waals surface area contributed by atoms with Crippen LogP contribution in [0.5, 0.6) is 0 Å². The summed E-state index contributed by atoms with van der Waals surface area (Å²) < 4.78 is 43.3. The molecule has 9 heteroatoms. The van der Waals surface area contributed by atoms with E-state index in [1.165, 1.54) is 18.3 Å². The summed E-state index contributed by atoms with van der Waals surface area (Å²) in [6, 6.07) is 7.58. The Bertz CT molecular complexity index is 736. The number of fused-ring (bicyclic) bond motifs is 1. The zero-order valence-corrected chi connectivity index (χ0v) is 12.7. The Balaban J connectivity index is 2.06. The van der Waals surface area contributed by atoms with Gasteiger partial charge < -0.3 is 9.30 Å². The van der Waals surface area contributed by atoms with Crippen LogP contribution in [0.25, 0.3) is 10.2 Å². The van der Waals surface area contributed by atoms with Crippen LogP contribution in [-0.2, 0) is 16.6 Å². The van der Waals surface area contributed by atoms with Crippen LogP contribution in [0.15, 0.2) is 29.4 Å². The molecule has 1 aromatic heterocycles. The largest absolute Gasteiger partial charge is 0.411 e. The minimum atomic E-state index is -4.47. The lowest BCUT2D eigenvalue weighted by molar-refractivity contribution is -0.185. The SMILES string of the molecule is C[C@@H](OCC(F)(F)F)C(=O)N/N=c1/sc2ccccc2n1C. The molecule has 0 bridgehead atoms. The molecule has 2 aromatic rings. The Morgan fingerprint density at radius 2 is 2.14 bits per heavy atom. The van der Waals surface area contributed by atoms with Crippen molar-refractivity contribution in [2.45, 2.75) is 19.2 Å². The van der Waals surface area contributed by atoms with Crippen molar-refractivity contribution in [1.82, 2.24) is 9.99 Å². The molecular weight excluding hydrogens is 319 g/mol. The van der Waals surface area contributed by atoms with E-state index in [4.69, 9.17) is 0 Å². The zero-order valence-electron chi connectivity index (χ0n) is 11.8. The summed E-state index contributed by atoms with van der Waals surface area (Å²) in [5.41, 5.74) is 3.17. The molecule has 0 aliphatic carbocycles. The minimum absolute atomic E-state index is 0.526. The molecule has 0 saturated heterocycles. The van der Waals surface area contributed by atoms with Gasteiger partial charge in [0, 0.05) is 7.05 Å². The van der Waals surface area contributed by atoms with Gasteiger partial charge in [0.05, 0.1) is 10.2 Å². The van der Waals surface area contributed by atoms with Gasteiger partial charge in [-0.15, -0.1) is 5.10 Å². The predicted octanol–water partition coefficient (Wildman–Crippen LogP) is 2.14. The van der Waals surface area contributed by atoms with E-state index in [9.17, 15) is 18.0 Å². The molecule has 0 spiro atoms. The number of hydrogen-bond acceptors (Lipinski definition) is 4. The highest BCUT2D eigenvalue weighted by atomic mass is 32.1. The van der Waals surface area contributed by atoms with Crippen LogP contribution in [0, 0.1) is 0 Å². The number of rotatable bonds is 4. The van der Waals surface area contributed by atoms with Gasteiger partial charge in [0.25, 0.3) is 5.91 Å². The maximum atomic E-state index is 12.0. The first-order valence-corrected chi connectivity index (χ1v) is 7.16.